The van der Waals surface area contributed by atoms with Crippen LogP contribution in [-0.2, 0) is 9.84 Å². The fraction of sp³-hybridized carbons (Fsp3) is 0.562. The maximum atomic E-state index is 12.5. The van der Waals surface area contributed by atoms with Crippen LogP contribution in [0.3, 0.4) is 0 Å². The molecule has 0 aromatic carbocycles. The second-order valence-electron chi connectivity index (χ2n) is 6.36. The maximum absolute atomic E-state index is 12.5. The molecule has 3 heterocycles. The van der Waals surface area contributed by atoms with Crippen LogP contribution in [0.15, 0.2) is 18.3 Å². The zero-order valence-electron chi connectivity index (χ0n) is 13.4. The Kier molecular flexibility index (Phi) is 4.84. The third-order valence-corrected chi connectivity index (χ3v) is 6.22. The number of nitrogens with one attached hydrogen (secondary N) is 1. The molecule has 130 valence electrons. The Labute approximate surface area is 141 Å². The van der Waals surface area contributed by atoms with Gasteiger partial charge in [-0.05, 0) is 37.8 Å². The van der Waals surface area contributed by atoms with E-state index in [1.54, 1.807) is 4.90 Å². The first-order valence-electron chi connectivity index (χ1n) is 8.21. The summed E-state index contributed by atoms with van der Waals surface area (Å²) in [6, 6.07) is 2.65. The lowest BCUT2D eigenvalue weighted by atomic mass is 10.1. The molecule has 0 aliphatic carbocycles. The molecule has 2 aliphatic rings. The highest BCUT2D eigenvalue weighted by Crippen LogP contribution is 2.14. The normalized spacial score (nSPS) is 23.0. The first kappa shape index (κ1) is 16.9. The summed E-state index contributed by atoms with van der Waals surface area (Å²) < 4.78 is 22.9. The van der Waals surface area contributed by atoms with Crippen molar-refractivity contribution in [2.24, 2.45) is 0 Å². The molecule has 3 rings (SSSR count). The monoisotopic (exact) mass is 351 g/mol. The third kappa shape index (κ3) is 3.92. The lowest BCUT2D eigenvalue weighted by Crippen LogP contribution is -2.37. The number of hydrogen-bond donors (Lipinski definition) is 1. The second-order valence-corrected chi connectivity index (χ2v) is 8.58. The molecule has 0 radical (unpaired) electrons. The zero-order valence-corrected chi connectivity index (χ0v) is 14.2. The summed E-state index contributed by atoms with van der Waals surface area (Å²) in [6.07, 6.45) is 4.98. The molecule has 2 amide bonds. The number of pyridine rings is 1. The van der Waals surface area contributed by atoms with Gasteiger partial charge in [-0.2, -0.15) is 0 Å². The first-order valence-corrected chi connectivity index (χ1v) is 10.0. The molecule has 1 N–H and O–H groups in total. The fourth-order valence-corrected chi connectivity index (χ4v) is 4.80. The van der Waals surface area contributed by atoms with E-state index in [-0.39, 0.29) is 35.1 Å². The van der Waals surface area contributed by atoms with Crippen LogP contribution in [0, 0.1) is 0 Å². The van der Waals surface area contributed by atoms with E-state index in [0.29, 0.717) is 12.0 Å². The molecule has 0 bridgehead atoms. The van der Waals surface area contributed by atoms with E-state index in [9.17, 15) is 18.0 Å². The van der Waals surface area contributed by atoms with Crippen LogP contribution in [0.2, 0.25) is 0 Å². The number of aromatic nitrogens is 1. The minimum atomic E-state index is -3.05. The molecule has 1 atom stereocenters. The van der Waals surface area contributed by atoms with E-state index in [1.165, 1.54) is 18.3 Å². The minimum Gasteiger partial charge on any atom is -0.348 e. The molecule has 7 nitrogen and oxygen atoms in total. The molecular formula is C16H21N3O4S. The predicted octanol–water partition coefficient (Wildman–Crippen LogP) is 0.625. The number of amides is 2. The zero-order chi connectivity index (χ0) is 17.2. The van der Waals surface area contributed by atoms with Gasteiger partial charge >= 0.3 is 0 Å². The van der Waals surface area contributed by atoms with E-state index >= 15 is 0 Å². The Balaban J connectivity index is 1.68. The molecule has 1 aromatic heterocycles. The first-order chi connectivity index (χ1) is 11.4. The van der Waals surface area contributed by atoms with Crippen molar-refractivity contribution in [3.05, 3.63) is 29.6 Å². The summed E-state index contributed by atoms with van der Waals surface area (Å²) in [7, 11) is -3.05. The summed E-state index contributed by atoms with van der Waals surface area (Å²) in [4.78, 5) is 30.6. The molecule has 24 heavy (non-hydrogen) atoms. The fourth-order valence-electron chi connectivity index (χ4n) is 3.13. The Hall–Kier alpha value is -1.96. The van der Waals surface area contributed by atoms with Gasteiger partial charge in [-0.25, -0.2) is 8.42 Å². The van der Waals surface area contributed by atoms with Crippen molar-refractivity contribution in [3.8, 4) is 0 Å². The van der Waals surface area contributed by atoms with Crippen molar-refractivity contribution in [2.75, 3.05) is 24.6 Å². The number of carbonyl (C=O) groups excluding carboxylic acids is 2. The number of carbonyl (C=O) groups is 2. The van der Waals surface area contributed by atoms with Crippen LogP contribution < -0.4 is 5.32 Å². The van der Waals surface area contributed by atoms with Gasteiger partial charge in [0.15, 0.2) is 9.84 Å². The predicted molar refractivity (Wildman–Crippen MR) is 88.5 cm³/mol. The van der Waals surface area contributed by atoms with Gasteiger partial charge < -0.3 is 10.2 Å². The average Bonchev–Trinajstić information content (AvgIpc) is 2.93. The van der Waals surface area contributed by atoms with Crippen molar-refractivity contribution in [3.63, 3.8) is 0 Å². The molecule has 2 saturated heterocycles. The lowest BCUT2D eigenvalue weighted by molar-refractivity contribution is 0.0718. The van der Waals surface area contributed by atoms with Crippen molar-refractivity contribution < 1.29 is 18.0 Å². The van der Waals surface area contributed by atoms with Crippen LogP contribution >= 0.6 is 0 Å². The van der Waals surface area contributed by atoms with Crippen molar-refractivity contribution in [2.45, 2.75) is 31.7 Å². The lowest BCUT2D eigenvalue weighted by Gasteiger charge is -2.26. The van der Waals surface area contributed by atoms with E-state index < -0.39 is 9.84 Å². The largest absolute Gasteiger partial charge is 0.348 e. The molecule has 8 heteroatoms. The number of piperidine rings is 1. The molecule has 2 fully saturated rings. The molecule has 1 unspecified atom stereocenters. The van der Waals surface area contributed by atoms with Crippen LogP contribution in [0.25, 0.3) is 0 Å². The molecular weight excluding hydrogens is 330 g/mol. The Morgan fingerprint density at radius 3 is 2.62 bits per heavy atom. The van der Waals surface area contributed by atoms with Gasteiger partial charge in [0.25, 0.3) is 11.8 Å². The summed E-state index contributed by atoms with van der Waals surface area (Å²) in [6.45, 7) is 1.44. The third-order valence-electron chi connectivity index (χ3n) is 4.45. The molecule has 0 spiro atoms. The van der Waals surface area contributed by atoms with Gasteiger partial charge in [0, 0.05) is 30.9 Å². The summed E-state index contributed by atoms with van der Waals surface area (Å²) in [5.41, 5.74) is 0.582. The second kappa shape index (κ2) is 6.88. The van der Waals surface area contributed by atoms with E-state index in [4.69, 9.17) is 0 Å². The van der Waals surface area contributed by atoms with Crippen LogP contribution in [-0.4, -0.2) is 60.8 Å². The van der Waals surface area contributed by atoms with Gasteiger partial charge in [0.2, 0.25) is 0 Å². The van der Waals surface area contributed by atoms with E-state index in [2.05, 4.69) is 10.3 Å². The van der Waals surface area contributed by atoms with Gasteiger partial charge in [-0.15, -0.1) is 0 Å². The number of likely N-dealkylation sites (tertiary alicyclic amines) is 1. The summed E-state index contributed by atoms with van der Waals surface area (Å²) >= 11 is 0. The highest BCUT2D eigenvalue weighted by molar-refractivity contribution is 7.91. The smallest absolute Gasteiger partial charge is 0.272 e. The number of nitrogens with zero attached hydrogens (tertiary/aromatic N) is 2. The standard InChI is InChI=1S/C16H21N3O4S/c20-15(18-13-5-9-24(22,23)11-13)12-4-6-17-14(10-12)16(21)19-7-2-1-3-8-19/h4,6,10,13H,1-3,5,7-9,11H2,(H,18,20). The Bertz CT molecular complexity index is 741. The minimum absolute atomic E-state index is 0.0244. The quantitative estimate of drug-likeness (QED) is 0.861. The molecule has 0 saturated carbocycles. The highest BCUT2D eigenvalue weighted by Gasteiger charge is 2.29. The summed E-state index contributed by atoms with van der Waals surface area (Å²) in [5, 5.41) is 2.73. The summed E-state index contributed by atoms with van der Waals surface area (Å²) in [5.74, 6) is -0.448. The number of rotatable bonds is 3. The van der Waals surface area contributed by atoms with Gasteiger partial charge in [-0.3, -0.25) is 14.6 Å². The van der Waals surface area contributed by atoms with E-state index in [0.717, 1.165) is 32.4 Å². The number of sulfone groups is 1. The number of hydrogen-bond acceptors (Lipinski definition) is 5. The maximum Gasteiger partial charge on any atom is 0.272 e. The SMILES string of the molecule is O=C(NC1CCS(=O)(=O)C1)c1ccnc(C(=O)N2CCCCC2)c1. The van der Waals surface area contributed by atoms with Crippen molar-refractivity contribution >= 4 is 21.7 Å². The van der Waals surface area contributed by atoms with Crippen LogP contribution in [0.5, 0.6) is 0 Å². The van der Waals surface area contributed by atoms with Crippen molar-refractivity contribution in [1.82, 2.24) is 15.2 Å². The van der Waals surface area contributed by atoms with Gasteiger partial charge in [-0.1, -0.05) is 0 Å². The van der Waals surface area contributed by atoms with Crippen molar-refractivity contribution in [1.29, 1.82) is 0 Å². The Morgan fingerprint density at radius 2 is 1.96 bits per heavy atom. The average molecular weight is 351 g/mol. The van der Waals surface area contributed by atoms with Gasteiger partial charge in [0.1, 0.15) is 5.69 Å². The topological polar surface area (TPSA) is 96.4 Å². The van der Waals surface area contributed by atoms with E-state index in [1.807, 2.05) is 0 Å². The van der Waals surface area contributed by atoms with Gasteiger partial charge in [0.05, 0.1) is 11.5 Å². The highest BCUT2D eigenvalue weighted by atomic mass is 32.2. The molecule has 2 aliphatic heterocycles. The van der Waals surface area contributed by atoms with Crippen LogP contribution in [0.4, 0.5) is 0 Å². The Morgan fingerprint density at radius 1 is 1.21 bits per heavy atom. The molecule has 1 aromatic rings. The van der Waals surface area contributed by atoms with Crippen LogP contribution in [0.1, 0.15) is 46.5 Å².